The van der Waals surface area contributed by atoms with Crippen LogP contribution in [-0.2, 0) is 32.7 Å². The second-order valence-corrected chi connectivity index (χ2v) is 2.93. The van der Waals surface area contributed by atoms with Crippen LogP contribution >= 0.6 is 0 Å². The zero-order valence-corrected chi connectivity index (χ0v) is 10.9. The zero-order chi connectivity index (χ0) is 8.97. The molecule has 0 aliphatic carbocycles. The maximum absolute atomic E-state index is 9.73. The van der Waals surface area contributed by atoms with E-state index in [0.717, 1.165) is 5.56 Å². The van der Waals surface area contributed by atoms with Crippen molar-refractivity contribution in [2.24, 2.45) is 0 Å². The summed E-state index contributed by atoms with van der Waals surface area (Å²) in [6.45, 7) is 1.96. The Morgan fingerprint density at radius 3 is 2.23 bits per heavy atom. The quantitative estimate of drug-likeness (QED) is 0.852. The topological polar surface area (TPSA) is 32.3 Å². The Hall–Kier alpha value is 0.244. The Kier molecular flexibility index (Phi) is 6.79. The Labute approximate surface area is 105 Å². The van der Waals surface area contributed by atoms with Gasteiger partial charge in [-0.2, -0.15) is 0 Å². The van der Waals surface area contributed by atoms with Gasteiger partial charge >= 0.3 is 0 Å². The summed E-state index contributed by atoms with van der Waals surface area (Å²) in [6.07, 6.45) is -0.420. The van der Waals surface area contributed by atoms with E-state index < -0.39 is 6.10 Å². The van der Waals surface area contributed by atoms with E-state index in [2.05, 4.69) is 5.32 Å². The van der Waals surface area contributed by atoms with E-state index in [-0.39, 0.29) is 38.8 Å². The molecule has 0 saturated heterocycles. The molecule has 0 amide bonds. The van der Waals surface area contributed by atoms with Crippen LogP contribution in [0.2, 0.25) is 0 Å². The minimum atomic E-state index is -0.420. The monoisotopic (exact) mass is 254 g/mol. The Balaban J connectivity index is 0.00000144. The van der Waals surface area contributed by atoms with Gasteiger partial charge in [0.25, 0.3) is 0 Å². The molecule has 1 aromatic rings. The first kappa shape index (κ1) is 13.2. The molecule has 0 saturated carbocycles. The first-order valence-corrected chi connectivity index (χ1v) is 4.16. The average Bonchev–Trinajstić information content (AvgIpc) is 2.17. The number of benzene rings is 1. The van der Waals surface area contributed by atoms with Crippen molar-refractivity contribution in [1.82, 2.24) is 5.32 Å². The third kappa shape index (κ3) is 3.86. The SMILES string of the molecule is CN[C@@H](C)[C@H](O)c1ccccc1.[Y]. The van der Waals surface area contributed by atoms with Crippen LogP contribution in [0.25, 0.3) is 0 Å². The van der Waals surface area contributed by atoms with Crippen LogP contribution in [0.3, 0.4) is 0 Å². The van der Waals surface area contributed by atoms with Crippen molar-refractivity contribution < 1.29 is 37.8 Å². The van der Waals surface area contributed by atoms with Crippen LogP contribution in [0.5, 0.6) is 0 Å². The van der Waals surface area contributed by atoms with Crippen LogP contribution < -0.4 is 5.32 Å². The normalized spacial score (nSPS) is 14.4. The van der Waals surface area contributed by atoms with Crippen molar-refractivity contribution in [3.05, 3.63) is 35.9 Å². The van der Waals surface area contributed by atoms with Gasteiger partial charge in [-0.1, -0.05) is 30.3 Å². The van der Waals surface area contributed by atoms with Gasteiger partial charge in [-0.3, -0.25) is 0 Å². The van der Waals surface area contributed by atoms with Gasteiger partial charge in [0.05, 0.1) is 6.10 Å². The summed E-state index contributed by atoms with van der Waals surface area (Å²) in [7, 11) is 1.84. The molecule has 0 fully saturated rings. The molecule has 0 aromatic heterocycles. The van der Waals surface area contributed by atoms with Gasteiger partial charge in [0.2, 0.25) is 0 Å². The fourth-order valence-corrected chi connectivity index (χ4v) is 1.10. The minimum absolute atomic E-state index is 0. The molecule has 0 heterocycles. The zero-order valence-electron chi connectivity index (χ0n) is 8.07. The number of likely N-dealkylation sites (N-methyl/N-ethyl adjacent to an activating group) is 1. The Morgan fingerprint density at radius 2 is 1.77 bits per heavy atom. The van der Waals surface area contributed by atoms with Crippen LogP contribution in [0, 0.1) is 0 Å². The molecule has 1 rings (SSSR count). The van der Waals surface area contributed by atoms with Crippen LogP contribution in [-0.4, -0.2) is 18.2 Å². The minimum Gasteiger partial charge on any atom is -0.387 e. The first-order valence-electron chi connectivity index (χ1n) is 4.16. The largest absolute Gasteiger partial charge is 0.387 e. The molecular formula is C10H15NOY. The van der Waals surface area contributed by atoms with Crippen molar-refractivity contribution in [1.29, 1.82) is 0 Å². The number of aliphatic hydroxyl groups is 1. The molecule has 3 heteroatoms. The van der Waals surface area contributed by atoms with Gasteiger partial charge in [-0.25, -0.2) is 0 Å². The number of hydrogen-bond acceptors (Lipinski definition) is 2. The van der Waals surface area contributed by atoms with Crippen molar-refractivity contribution in [2.45, 2.75) is 19.1 Å². The van der Waals surface area contributed by atoms with Crippen molar-refractivity contribution in [2.75, 3.05) is 7.05 Å². The predicted molar refractivity (Wildman–Crippen MR) is 49.9 cm³/mol. The molecule has 0 bridgehead atoms. The summed E-state index contributed by atoms with van der Waals surface area (Å²) in [5, 5.41) is 12.7. The second-order valence-electron chi connectivity index (χ2n) is 2.93. The Morgan fingerprint density at radius 1 is 1.23 bits per heavy atom. The van der Waals surface area contributed by atoms with Crippen LogP contribution in [0.4, 0.5) is 0 Å². The fraction of sp³-hybridized carbons (Fsp3) is 0.400. The molecule has 69 valence electrons. The van der Waals surface area contributed by atoms with Crippen molar-refractivity contribution in [3.63, 3.8) is 0 Å². The molecule has 0 aliphatic rings. The number of nitrogens with one attached hydrogen (secondary N) is 1. The van der Waals surface area contributed by atoms with Gasteiger partial charge in [-0.15, -0.1) is 0 Å². The summed E-state index contributed by atoms with van der Waals surface area (Å²) >= 11 is 0. The van der Waals surface area contributed by atoms with E-state index in [4.69, 9.17) is 0 Å². The van der Waals surface area contributed by atoms with Crippen molar-refractivity contribution >= 4 is 0 Å². The smallest absolute Gasteiger partial charge is 0.0940 e. The standard InChI is InChI=1S/C10H15NO.Y/c1-8(11-2)10(12)9-6-4-3-5-7-9;/h3-8,10-12H,1-2H3;/t8-,10-;/m0./s1. The molecule has 1 aromatic carbocycles. The third-order valence-corrected chi connectivity index (χ3v) is 2.07. The summed E-state index contributed by atoms with van der Waals surface area (Å²) in [5.41, 5.74) is 0.958. The maximum atomic E-state index is 9.73. The number of hydrogen-bond donors (Lipinski definition) is 2. The average molecular weight is 254 g/mol. The van der Waals surface area contributed by atoms with Gasteiger partial charge < -0.3 is 10.4 Å². The summed E-state index contributed by atoms with van der Waals surface area (Å²) in [4.78, 5) is 0. The van der Waals surface area contributed by atoms with Crippen molar-refractivity contribution in [3.8, 4) is 0 Å². The van der Waals surface area contributed by atoms with Crippen LogP contribution in [0.15, 0.2) is 30.3 Å². The van der Waals surface area contributed by atoms with Gasteiger partial charge in [-0.05, 0) is 19.5 Å². The molecule has 2 atom stereocenters. The fourth-order valence-electron chi connectivity index (χ4n) is 1.10. The van der Waals surface area contributed by atoms with E-state index in [9.17, 15) is 5.11 Å². The third-order valence-electron chi connectivity index (χ3n) is 2.07. The summed E-state index contributed by atoms with van der Waals surface area (Å²) < 4.78 is 0. The van der Waals surface area contributed by atoms with Gasteiger partial charge in [0, 0.05) is 38.8 Å². The molecular weight excluding hydrogens is 239 g/mol. The Bertz CT molecular complexity index is 228. The molecule has 0 aliphatic heterocycles. The molecule has 0 unspecified atom stereocenters. The van der Waals surface area contributed by atoms with Gasteiger partial charge in [0.1, 0.15) is 0 Å². The molecule has 2 nitrogen and oxygen atoms in total. The number of aliphatic hydroxyl groups excluding tert-OH is 1. The summed E-state index contributed by atoms with van der Waals surface area (Å²) in [5.74, 6) is 0. The molecule has 1 radical (unpaired) electrons. The second kappa shape index (κ2) is 6.66. The maximum Gasteiger partial charge on any atom is 0.0940 e. The van der Waals surface area contributed by atoms with E-state index in [0.29, 0.717) is 0 Å². The van der Waals surface area contributed by atoms with E-state index >= 15 is 0 Å². The predicted octanol–water partition coefficient (Wildman–Crippen LogP) is 1.33. The summed E-state index contributed by atoms with van der Waals surface area (Å²) in [6, 6.07) is 9.76. The van der Waals surface area contributed by atoms with E-state index in [1.54, 1.807) is 0 Å². The van der Waals surface area contributed by atoms with E-state index in [1.165, 1.54) is 0 Å². The molecule has 13 heavy (non-hydrogen) atoms. The van der Waals surface area contributed by atoms with Crippen LogP contribution in [0.1, 0.15) is 18.6 Å². The number of rotatable bonds is 3. The molecule has 0 spiro atoms. The van der Waals surface area contributed by atoms with E-state index in [1.807, 2.05) is 44.3 Å². The first-order chi connectivity index (χ1) is 5.75. The molecule has 2 N–H and O–H groups in total. The van der Waals surface area contributed by atoms with Gasteiger partial charge in [0.15, 0.2) is 0 Å².